The summed E-state index contributed by atoms with van der Waals surface area (Å²) in [5.74, 6) is 1.33. The fourth-order valence-corrected chi connectivity index (χ4v) is 1.58. The maximum absolute atomic E-state index is 12.5. The monoisotopic (exact) mass is 320 g/mol. The first-order valence-electron chi connectivity index (χ1n) is 4.53. The molecule has 0 aromatic heterocycles. The Morgan fingerprint density at radius 3 is 2.26 bits per heavy atom. The van der Waals surface area contributed by atoms with Crippen LogP contribution in [0.1, 0.15) is 5.56 Å². The van der Waals surface area contributed by atoms with Crippen LogP contribution in [0.15, 0.2) is 18.2 Å². The largest absolute Gasteiger partial charge is 1.00 e. The Balaban J connectivity index is 0.00000324. The molecule has 1 aromatic rings. The van der Waals surface area contributed by atoms with Crippen molar-refractivity contribution in [1.29, 1.82) is 0 Å². The molecule has 0 N–H and O–H groups in total. The van der Waals surface area contributed by atoms with Crippen molar-refractivity contribution in [3.05, 3.63) is 23.8 Å². The first kappa shape index (κ1) is 19.0. The van der Waals surface area contributed by atoms with Gasteiger partial charge in [0.15, 0.2) is 0 Å². The molecule has 0 fully saturated rings. The summed E-state index contributed by atoms with van der Waals surface area (Å²) in [4.78, 5) is 0. The van der Waals surface area contributed by atoms with E-state index < -0.39 is 28.7 Å². The van der Waals surface area contributed by atoms with E-state index in [-0.39, 0.29) is 63.4 Å². The van der Waals surface area contributed by atoms with Crippen molar-refractivity contribution in [2.24, 2.45) is 0 Å². The summed E-state index contributed by atoms with van der Waals surface area (Å²) in [5, 5.41) is 0. The molecule has 10 heteroatoms. The van der Waals surface area contributed by atoms with E-state index in [9.17, 15) is 25.3 Å². The second-order valence-electron chi connectivity index (χ2n) is 3.34. The molecule has 0 unspecified atom stereocenters. The van der Waals surface area contributed by atoms with Gasteiger partial charge in [-0.15, -0.1) is 17.8 Å². The van der Waals surface area contributed by atoms with E-state index >= 15 is 0 Å². The van der Waals surface area contributed by atoms with Crippen LogP contribution in [0.3, 0.4) is 0 Å². The third-order valence-corrected chi connectivity index (χ3v) is 2.26. The summed E-state index contributed by atoms with van der Waals surface area (Å²) >= 11 is 0. The topological polar surface area (TPSA) is 43.4 Å². The van der Waals surface area contributed by atoms with Crippen molar-refractivity contribution in [2.75, 3.05) is 0 Å². The fraction of sp³-hybridized carbons (Fsp3) is 0.111. The summed E-state index contributed by atoms with van der Waals surface area (Å²) in [6.45, 7) is -5.37. The van der Waals surface area contributed by atoms with Crippen LogP contribution in [0.4, 0.5) is 16.8 Å². The molecule has 0 aliphatic carbocycles. The predicted octanol–water partition coefficient (Wildman–Crippen LogP) is -1.49. The third kappa shape index (κ3) is 6.78. The Labute approximate surface area is 150 Å². The van der Waals surface area contributed by atoms with Crippen LogP contribution in [0, 0.1) is 12.3 Å². The molecular formula is C9H6BF4KO3S. The summed E-state index contributed by atoms with van der Waals surface area (Å²) in [5.41, 5.74) is -1.10. The Kier molecular flexibility index (Phi) is 7.08. The summed E-state index contributed by atoms with van der Waals surface area (Å²) < 4.78 is 74.1. The zero-order chi connectivity index (χ0) is 14.0. The molecule has 3 nitrogen and oxygen atoms in total. The van der Waals surface area contributed by atoms with Crippen LogP contribution in [0.2, 0.25) is 0 Å². The van der Waals surface area contributed by atoms with Crippen LogP contribution >= 0.6 is 0 Å². The maximum atomic E-state index is 12.5. The van der Waals surface area contributed by atoms with Gasteiger partial charge in [-0.05, 0) is 17.7 Å². The van der Waals surface area contributed by atoms with Crippen molar-refractivity contribution in [3.63, 3.8) is 0 Å². The number of terminal acetylenes is 1. The quantitative estimate of drug-likeness (QED) is 0.294. The summed E-state index contributed by atoms with van der Waals surface area (Å²) in [6, 6.07) is 2.09. The van der Waals surface area contributed by atoms with Crippen molar-refractivity contribution in [3.8, 4) is 18.1 Å². The van der Waals surface area contributed by atoms with Crippen LogP contribution in [-0.2, 0) is 16.9 Å². The fourth-order valence-electron chi connectivity index (χ4n) is 1.26. The van der Waals surface area contributed by atoms with E-state index in [0.29, 0.717) is 6.07 Å². The van der Waals surface area contributed by atoms with Crippen molar-refractivity contribution in [1.82, 2.24) is 0 Å². The third-order valence-electron chi connectivity index (χ3n) is 1.87. The molecular weight excluding hydrogens is 314 g/mol. The first-order chi connectivity index (χ1) is 8.12. The van der Waals surface area contributed by atoms with Gasteiger partial charge in [-0.1, -0.05) is 9.95 Å². The first-order valence-corrected chi connectivity index (χ1v) is 5.84. The van der Waals surface area contributed by atoms with Crippen molar-refractivity contribution < 1.29 is 80.8 Å². The van der Waals surface area contributed by atoms with Crippen molar-refractivity contribution in [2.45, 2.75) is 6.42 Å². The Hall–Kier alpha value is -0.0487. The van der Waals surface area contributed by atoms with Crippen LogP contribution in [0.5, 0.6) is 5.75 Å². The minimum Gasteiger partial charge on any atom is -0.445 e. The van der Waals surface area contributed by atoms with Gasteiger partial charge in [0.25, 0.3) is 0 Å². The molecule has 19 heavy (non-hydrogen) atoms. The molecule has 1 rings (SSSR count). The van der Waals surface area contributed by atoms with Crippen LogP contribution < -0.4 is 61.0 Å². The minimum atomic E-state index is -5.38. The van der Waals surface area contributed by atoms with E-state index in [1.165, 1.54) is 0 Å². The van der Waals surface area contributed by atoms with E-state index in [4.69, 9.17) is 6.42 Å². The van der Waals surface area contributed by atoms with Gasteiger partial charge in [0.2, 0.25) is 0 Å². The molecule has 1 aromatic carbocycles. The molecule has 0 amide bonds. The molecule has 0 aliphatic rings. The SMILES string of the molecule is C#CCc1cc(OS(=O)(=O)F)cc([B-](F)(F)F)c1.[K+]. The van der Waals surface area contributed by atoms with E-state index in [1.54, 1.807) is 0 Å². The molecule has 0 bridgehead atoms. The van der Waals surface area contributed by atoms with Gasteiger partial charge >= 0.3 is 68.9 Å². The van der Waals surface area contributed by atoms with Gasteiger partial charge < -0.3 is 17.1 Å². The molecule has 0 heterocycles. The molecule has 0 saturated heterocycles. The van der Waals surface area contributed by atoms with Crippen LogP contribution in [-0.4, -0.2) is 15.4 Å². The summed E-state index contributed by atoms with van der Waals surface area (Å²) in [6.07, 6.45) is 4.77. The van der Waals surface area contributed by atoms with E-state index in [0.717, 1.165) is 12.1 Å². The molecule has 0 atom stereocenters. The maximum Gasteiger partial charge on any atom is 1.00 e. The van der Waals surface area contributed by atoms with Gasteiger partial charge in [0.1, 0.15) is 5.75 Å². The zero-order valence-electron chi connectivity index (χ0n) is 9.74. The average molecular weight is 320 g/mol. The second-order valence-corrected chi connectivity index (χ2v) is 4.30. The van der Waals surface area contributed by atoms with E-state index in [2.05, 4.69) is 10.1 Å². The van der Waals surface area contributed by atoms with E-state index in [1.807, 2.05) is 0 Å². The molecule has 0 saturated carbocycles. The normalized spacial score (nSPS) is 11.3. The zero-order valence-corrected chi connectivity index (χ0v) is 13.7. The number of halogens is 4. The number of hydrogen-bond donors (Lipinski definition) is 0. The van der Waals surface area contributed by atoms with Gasteiger partial charge in [0, 0.05) is 6.42 Å². The number of hydrogen-bond acceptors (Lipinski definition) is 3. The Morgan fingerprint density at radius 1 is 1.26 bits per heavy atom. The van der Waals surface area contributed by atoms with Gasteiger partial charge in [-0.2, -0.15) is 8.42 Å². The summed E-state index contributed by atoms with van der Waals surface area (Å²) in [7, 11) is -5.38. The van der Waals surface area contributed by atoms with Gasteiger partial charge in [-0.25, -0.2) is 0 Å². The average Bonchev–Trinajstić information content (AvgIpc) is 2.13. The van der Waals surface area contributed by atoms with Gasteiger partial charge in [0.05, 0.1) is 0 Å². The predicted molar refractivity (Wildman–Crippen MR) is 58.3 cm³/mol. The molecule has 0 spiro atoms. The molecule has 98 valence electrons. The molecule has 0 aliphatic heterocycles. The van der Waals surface area contributed by atoms with Crippen molar-refractivity contribution >= 4 is 22.9 Å². The van der Waals surface area contributed by atoms with Gasteiger partial charge in [-0.3, -0.25) is 0 Å². The standard InChI is InChI=1S/C9H6BF4O3S.K/c1-2-3-7-4-8(10(11,12)13)6-9(5-7)17-18(14,15)16;/h1,4-6H,3H2;/q-1;+1. The number of rotatable bonds is 4. The molecule has 0 radical (unpaired) electrons. The Morgan fingerprint density at radius 2 is 1.84 bits per heavy atom. The second kappa shape index (κ2) is 7.10. The number of benzene rings is 1. The van der Waals surface area contributed by atoms with Crippen LogP contribution in [0.25, 0.3) is 0 Å². The smallest absolute Gasteiger partial charge is 0.445 e. The Bertz CT molecular complexity index is 594. The minimum absolute atomic E-state index is 0.